The first-order valence-corrected chi connectivity index (χ1v) is 13.2. The highest BCUT2D eigenvalue weighted by Gasteiger charge is 2.47. The zero-order valence-corrected chi connectivity index (χ0v) is 20.3. The van der Waals surface area contributed by atoms with E-state index in [1.807, 2.05) is 18.2 Å². The number of fused-ring (bicyclic) bond motifs is 1. The Labute approximate surface area is 202 Å². The molecule has 1 aromatic heterocycles. The van der Waals surface area contributed by atoms with Crippen molar-refractivity contribution in [3.8, 4) is 5.75 Å². The van der Waals surface area contributed by atoms with Crippen LogP contribution in [-0.2, 0) is 27.5 Å². The normalized spacial score (nSPS) is 20.7. The van der Waals surface area contributed by atoms with Crippen LogP contribution < -0.4 is 10.1 Å². The van der Waals surface area contributed by atoms with E-state index in [2.05, 4.69) is 10.3 Å². The number of ether oxygens (including phenoxy) is 1. The van der Waals surface area contributed by atoms with Crippen LogP contribution in [0.25, 0.3) is 0 Å². The Morgan fingerprint density at radius 2 is 1.89 bits per heavy atom. The number of amides is 1. The van der Waals surface area contributed by atoms with Crippen LogP contribution in [0.4, 0.5) is 18.9 Å². The molecule has 0 spiro atoms. The maximum Gasteiger partial charge on any atom is 0.414 e. The Morgan fingerprint density at radius 3 is 2.49 bits per heavy atom. The number of methoxy groups -OCH3 is 1. The van der Waals surface area contributed by atoms with Crippen LogP contribution in [0, 0.1) is 5.92 Å². The number of alkyl halides is 3. The molecule has 1 aliphatic carbocycles. The number of rotatable bonds is 6. The zero-order valence-electron chi connectivity index (χ0n) is 19.5. The molecule has 2 atom stereocenters. The lowest BCUT2D eigenvalue weighted by molar-refractivity contribution is -0.191. The summed E-state index contributed by atoms with van der Waals surface area (Å²) in [5.74, 6) is -1.04. The number of nitrogens with zero attached hydrogens (tertiary/aromatic N) is 2. The van der Waals surface area contributed by atoms with E-state index in [1.54, 1.807) is 7.11 Å². The van der Waals surface area contributed by atoms with Gasteiger partial charge >= 0.3 is 6.18 Å². The molecule has 2 aliphatic rings. The number of hydrogen-bond acceptors (Lipinski definition) is 6. The predicted molar refractivity (Wildman–Crippen MR) is 125 cm³/mol. The van der Waals surface area contributed by atoms with Gasteiger partial charge in [0.25, 0.3) is 0 Å². The van der Waals surface area contributed by atoms with E-state index in [9.17, 15) is 26.4 Å². The minimum atomic E-state index is -4.74. The summed E-state index contributed by atoms with van der Waals surface area (Å²) in [6.07, 6.45) is -1.85. The lowest BCUT2D eigenvalue weighted by atomic mass is 9.99. The first-order valence-electron chi connectivity index (χ1n) is 11.4. The molecule has 2 heterocycles. The van der Waals surface area contributed by atoms with Crippen LogP contribution in [0.3, 0.4) is 0 Å². The highest BCUT2D eigenvalue weighted by molar-refractivity contribution is 7.91. The quantitative estimate of drug-likeness (QED) is 0.638. The zero-order chi connectivity index (χ0) is 25.4. The SMILES string of the molecule is COc1cccc2c1CC(Nc1ccc(C(N(C)C(=O)C3CCS(=O)(=O)CC3)C(F)(F)F)nc1)C2. The van der Waals surface area contributed by atoms with Gasteiger partial charge in [0.05, 0.1) is 36.2 Å². The molecule has 0 radical (unpaired) electrons. The van der Waals surface area contributed by atoms with Gasteiger partial charge in [0.1, 0.15) is 15.6 Å². The maximum atomic E-state index is 14.0. The topological polar surface area (TPSA) is 88.6 Å². The van der Waals surface area contributed by atoms with Crippen molar-refractivity contribution in [2.24, 2.45) is 5.92 Å². The summed E-state index contributed by atoms with van der Waals surface area (Å²) in [5.41, 5.74) is 2.57. The summed E-state index contributed by atoms with van der Waals surface area (Å²) in [4.78, 5) is 17.5. The lowest BCUT2D eigenvalue weighted by Crippen LogP contribution is -2.44. The second-order valence-corrected chi connectivity index (χ2v) is 11.4. The summed E-state index contributed by atoms with van der Waals surface area (Å²) in [7, 11) is -0.514. The molecule has 35 heavy (non-hydrogen) atoms. The van der Waals surface area contributed by atoms with E-state index < -0.39 is 33.9 Å². The Hall–Kier alpha value is -2.82. The van der Waals surface area contributed by atoms with Gasteiger partial charge in [-0.3, -0.25) is 9.78 Å². The average molecular weight is 512 g/mol. The van der Waals surface area contributed by atoms with Gasteiger partial charge in [0.15, 0.2) is 6.04 Å². The molecule has 0 bridgehead atoms. The van der Waals surface area contributed by atoms with E-state index in [1.165, 1.54) is 23.9 Å². The molecular formula is C24H28F3N3O4S. The van der Waals surface area contributed by atoms with E-state index in [0.29, 0.717) is 10.6 Å². The smallest absolute Gasteiger partial charge is 0.414 e. The van der Waals surface area contributed by atoms with Gasteiger partial charge in [0, 0.05) is 19.0 Å². The summed E-state index contributed by atoms with van der Waals surface area (Å²) < 4.78 is 70.7. The molecule has 2 aromatic rings. The minimum Gasteiger partial charge on any atom is -0.496 e. The lowest BCUT2D eigenvalue weighted by Gasteiger charge is -2.33. The molecule has 1 amide bonds. The fourth-order valence-electron chi connectivity index (χ4n) is 4.94. The van der Waals surface area contributed by atoms with Crippen molar-refractivity contribution < 1.29 is 31.1 Å². The molecule has 190 valence electrons. The number of hydrogen-bond donors (Lipinski definition) is 1. The van der Waals surface area contributed by atoms with Crippen molar-refractivity contribution in [1.82, 2.24) is 9.88 Å². The Balaban J connectivity index is 1.46. The fraction of sp³-hybridized carbons (Fsp3) is 0.500. The maximum absolute atomic E-state index is 14.0. The fourth-order valence-corrected chi connectivity index (χ4v) is 6.43. The molecule has 1 aromatic carbocycles. The number of anilines is 1. The van der Waals surface area contributed by atoms with Crippen LogP contribution in [0.1, 0.15) is 35.7 Å². The number of carbonyl (C=O) groups excluding carboxylic acids is 1. The second kappa shape index (κ2) is 9.67. The highest BCUT2D eigenvalue weighted by atomic mass is 32.2. The number of benzene rings is 1. The number of halogens is 3. The van der Waals surface area contributed by atoms with Crippen molar-refractivity contribution in [2.45, 2.75) is 43.9 Å². The highest BCUT2D eigenvalue weighted by Crippen LogP contribution is 2.38. The van der Waals surface area contributed by atoms with Gasteiger partial charge in [-0.1, -0.05) is 12.1 Å². The number of carbonyl (C=O) groups is 1. The van der Waals surface area contributed by atoms with Crippen molar-refractivity contribution in [3.05, 3.63) is 53.3 Å². The minimum absolute atomic E-state index is 0.0287. The van der Waals surface area contributed by atoms with E-state index in [4.69, 9.17) is 4.74 Å². The number of nitrogens with one attached hydrogen (secondary N) is 1. The summed E-state index contributed by atoms with van der Waals surface area (Å²) >= 11 is 0. The Kier molecular flexibility index (Phi) is 6.99. The van der Waals surface area contributed by atoms with E-state index in [-0.39, 0.29) is 36.1 Å². The largest absolute Gasteiger partial charge is 0.496 e. The van der Waals surface area contributed by atoms with Crippen LogP contribution in [-0.4, -0.2) is 62.1 Å². The Morgan fingerprint density at radius 1 is 1.17 bits per heavy atom. The van der Waals surface area contributed by atoms with E-state index in [0.717, 1.165) is 31.2 Å². The molecular weight excluding hydrogens is 483 g/mol. The molecule has 4 rings (SSSR count). The number of pyridine rings is 1. The van der Waals surface area contributed by atoms with Crippen LogP contribution in [0.2, 0.25) is 0 Å². The first-order chi connectivity index (χ1) is 16.5. The summed E-state index contributed by atoms with van der Waals surface area (Å²) in [5, 5.41) is 3.32. The van der Waals surface area contributed by atoms with Crippen molar-refractivity contribution in [1.29, 1.82) is 0 Å². The molecule has 1 fully saturated rings. The van der Waals surface area contributed by atoms with Crippen LogP contribution in [0.15, 0.2) is 36.5 Å². The molecule has 1 N–H and O–H groups in total. The van der Waals surface area contributed by atoms with Crippen molar-refractivity contribution in [3.63, 3.8) is 0 Å². The van der Waals surface area contributed by atoms with Crippen molar-refractivity contribution >= 4 is 21.4 Å². The standard InChI is InChI=1S/C24H28F3N3O4S/c1-30(23(31)15-8-10-35(32,33)11-9-15)22(24(25,26)27)20-7-6-17(14-28-20)29-18-12-16-4-3-5-21(34-2)19(16)13-18/h3-7,14-15,18,22,29H,8-13H2,1-2H3. The molecule has 11 heteroatoms. The van der Waals surface area contributed by atoms with Crippen molar-refractivity contribution in [2.75, 3.05) is 31.0 Å². The predicted octanol–water partition coefficient (Wildman–Crippen LogP) is 3.56. The number of sulfone groups is 1. The molecule has 7 nitrogen and oxygen atoms in total. The number of aromatic nitrogens is 1. The summed E-state index contributed by atoms with van der Waals surface area (Å²) in [6.45, 7) is 0. The summed E-state index contributed by atoms with van der Waals surface area (Å²) in [6, 6.07) is 6.51. The third-order valence-electron chi connectivity index (χ3n) is 6.75. The van der Waals surface area contributed by atoms with E-state index >= 15 is 0 Å². The molecule has 1 saturated heterocycles. The van der Waals surface area contributed by atoms with Gasteiger partial charge in [0.2, 0.25) is 5.91 Å². The van der Waals surface area contributed by atoms with Gasteiger partial charge in [-0.25, -0.2) is 8.42 Å². The van der Waals surface area contributed by atoms with Gasteiger partial charge in [-0.05, 0) is 55.0 Å². The third-order valence-corrected chi connectivity index (χ3v) is 8.47. The molecule has 2 unspecified atom stereocenters. The van der Waals surface area contributed by atoms with Gasteiger partial charge < -0.3 is 15.0 Å². The van der Waals surface area contributed by atoms with Gasteiger partial charge in [-0.2, -0.15) is 13.2 Å². The third kappa shape index (κ3) is 5.55. The van der Waals surface area contributed by atoms with Crippen LogP contribution >= 0.6 is 0 Å². The Bertz CT molecular complexity index is 1170. The second-order valence-electron chi connectivity index (χ2n) is 9.14. The first kappa shape index (κ1) is 25.3. The molecule has 0 saturated carbocycles. The molecule has 1 aliphatic heterocycles. The van der Waals surface area contributed by atoms with Gasteiger partial charge in [-0.15, -0.1) is 0 Å². The average Bonchev–Trinajstić information content (AvgIpc) is 3.21. The monoisotopic (exact) mass is 511 g/mol. The van der Waals surface area contributed by atoms with Crippen LogP contribution in [0.5, 0.6) is 5.75 Å².